The van der Waals surface area contributed by atoms with Gasteiger partial charge in [0.05, 0.1) is 16.2 Å². The summed E-state index contributed by atoms with van der Waals surface area (Å²) in [5.74, 6) is -2.90. The summed E-state index contributed by atoms with van der Waals surface area (Å²) in [5.41, 5.74) is 0.477. The molecule has 31 heavy (non-hydrogen) atoms. The lowest BCUT2D eigenvalue weighted by Gasteiger charge is -2.25. The van der Waals surface area contributed by atoms with Gasteiger partial charge in [0.15, 0.2) is 21.8 Å². The van der Waals surface area contributed by atoms with Crippen molar-refractivity contribution in [1.82, 2.24) is 9.88 Å². The average molecular weight is 454 g/mol. The summed E-state index contributed by atoms with van der Waals surface area (Å²) in [6.07, 6.45) is 2.01. The number of ether oxygens (including phenoxy) is 1. The average Bonchev–Trinajstić information content (AvgIpc) is 2.99. The molecular formula is C21H24F2N2O5S. The van der Waals surface area contributed by atoms with E-state index in [9.17, 15) is 22.0 Å². The number of benzene rings is 1. The van der Waals surface area contributed by atoms with Crippen LogP contribution in [0.1, 0.15) is 42.2 Å². The second-order valence-electron chi connectivity index (χ2n) is 8.64. The van der Waals surface area contributed by atoms with Gasteiger partial charge in [0, 0.05) is 38.6 Å². The zero-order chi connectivity index (χ0) is 22.8. The van der Waals surface area contributed by atoms with Crippen molar-refractivity contribution in [2.45, 2.75) is 49.5 Å². The first-order valence-electron chi connectivity index (χ1n) is 9.92. The van der Waals surface area contributed by atoms with Crippen molar-refractivity contribution in [3.63, 3.8) is 0 Å². The van der Waals surface area contributed by atoms with Gasteiger partial charge in [0.2, 0.25) is 0 Å². The highest BCUT2D eigenvalue weighted by Crippen LogP contribution is 2.58. The highest BCUT2D eigenvalue weighted by atomic mass is 32.2. The number of hydrogen-bond donors (Lipinski definition) is 0. The fourth-order valence-electron chi connectivity index (χ4n) is 4.10. The second-order valence-corrected chi connectivity index (χ2v) is 10.7. The van der Waals surface area contributed by atoms with Crippen LogP contribution >= 0.6 is 0 Å². The van der Waals surface area contributed by atoms with Crippen molar-refractivity contribution in [2.75, 3.05) is 19.3 Å². The number of amides is 1. The van der Waals surface area contributed by atoms with E-state index < -0.39 is 27.8 Å². The topological polar surface area (TPSA) is 89.7 Å². The van der Waals surface area contributed by atoms with Gasteiger partial charge >= 0.3 is 0 Å². The number of aromatic nitrogens is 1. The van der Waals surface area contributed by atoms with Crippen LogP contribution in [0, 0.1) is 12.8 Å². The molecule has 0 radical (unpaired) electrons. The third kappa shape index (κ3) is 3.93. The molecule has 7 nitrogen and oxygen atoms in total. The molecule has 2 unspecified atom stereocenters. The van der Waals surface area contributed by atoms with E-state index in [4.69, 9.17) is 9.15 Å². The third-order valence-corrected chi connectivity index (χ3v) is 7.30. The largest absolute Gasteiger partial charge is 0.484 e. The highest BCUT2D eigenvalue weighted by Gasteiger charge is 2.63. The number of piperidine rings is 1. The van der Waals surface area contributed by atoms with Crippen LogP contribution in [0.25, 0.3) is 0 Å². The molecule has 4 rings (SSSR count). The van der Waals surface area contributed by atoms with E-state index >= 15 is 0 Å². The Morgan fingerprint density at radius 2 is 2.13 bits per heavy atom. The number of alkyl halides is 2. The Labute approximate surface area is 179 Å². The first kappa shape index (κ1) is 21.7. The number of nitrogens with zero attached hydrogens (tertiary/aromatic N) is 2. The number of rotatable bonds is 6. The maximum atomic E-state index is 13.7. The molecule has 1 amide bonds. The Balaban J connectivity index is 1.65. The van der Waals surface area contributed by atoms with Crippen molar-refractivity contribution in [3.05, 3.63) is 41.6 Å². The van der Waals surface area contributed by atoms with Crippen LogP contribution in [0.3, 0.4) is 0 Å². The molecule has 10 heteroatoms. The molecule has 2 fully saturated rings. The molecule has 1 aromatic heterocycles. The van der Waals surface area contributed by atoms with Crippen molar-refractivity contribution >= 4 is 15.7 Å². The Kier molecular flexibility index (Phi) is 4.92. The normalized spacial score (nSPS) is 24.1. The summed E-state index contributed by atoms with van der Waals surface area (Å²) in [4.78, 5) is 19.3. The molecule has 0 spiro atoms. The van der Waals surface area contributed by atoms with Gasteiger partial charge in [-0.15, -0.1) is 0 Å². The summed E-state index contributed by atoms with van der Waals surface area (Å²) < 4.78 is 62.1. The fraction of sp³-hybridized carbons (Fsp3) is 0.524. The quantitative estimate of drug-likeness (QED) is 0.666. The van der Waals surface area contributed by atoms with Gasteiger partial charge in [0.1, 0.15) is 12.0 Å². The number of aryl methyl sites for hydroxylation is 1. The smallest absolute Gasteiger partial charge is 0.281 e. The highest BCUT2D eigenvalue weighted by molar-refractivity contribution is 7.90. The van der Waals surface area contributed by atoms with Crippen LogP contribution in [-0.4, -0.2) is 55.6 Å². The minimum absolute atomic E-state index is 0.0493. The number of sulfone groups is 1. The van der Waals surface area contributed by atoms with Gasteiger partial charge < -0.3 is 14.1 Å². The van der Waals surface area contributed by atoms with E-state index in [0.29, 0.717) is 19.0 Å². The van der Waals surface area contributed by atoms with E-state index in [0.717, 1.165) is 25.3 Å². The lowest BCUT2D eigenvalue weighted by molar-refractivity contribution is -0.0720. The number of carbonyl (C=O) groups is 1. The third-order valence-electron chi connectivity index (χ3n) is 6.19. The molecule has 0 bridgehead atoms. The van der Waals surface area contributed by atoms with Crippen molar-refractivity contribution < 1.29 is 31.1 Å². The lowest BCUT2D eigenvalue weighted by Crippen LogP contribution is -2.35. The standard InChI is InChI=1S/C21H24F2N2O5S/c1-12(20(3,22)23)30-17-6-5-15(31(4,27)28)7-16(17)19(26)25-9-14-8-21(14,11-25)18-10-29-13(2)24-18/h5-7,10,12,14H,8-9,11H2,1-4H3/t12-,14?,21?/m0/s1. The van der Waals surface area contributed by atoms with E-state index in [-0.39, 0.29) is 27.5 Å². The van der Waals surface area contributed by atoms with Crippen LogP contribution in [-0.2, 0) is 15.3 Å². The van der Waals surface area contributed by atoms with Crippen LogP contribution in [0.4, 0.5) is 8.78 Å². The number of likely N-dealkylation sites (tertiary alicyclic amines) is 1. The number of fused-ring (bicyclic) bond motifs is 1. The molecule has 2 aliphatic rings. The Bertz CT molecular complexity index is 1140. The van der Waals surface area contributed by atoms with Crippen molar-refractivity contribution in [3.8, 4) is 5.75 Å². The lowest BCUT2D eigenvalue weighted by atomic mass is 10.0. The summed E-state index contributed by atoms with van der Waals surface area (Å²) in [5, 5.41) is 0. The molecule has 1 aliphatic carbocycles. The van der Waals surface area contributed by atoms with E-state index in [1.165, 1.54) is 25.1 Å². The van der Waals surface area contributed by atoms with Gasteiger partial charge in [-0.1, -0.05) is 0 Å². The van der Waals surface area contributed by atoms with Crippen molar-refractivity contribution in [2.24, 2.45) is 5.92 Å². The number of oxazole rings is 1. The fourth-order valence-corrected chi connectivity index (χ4v) is 4.75. The molecule has 0 N–H and O–H groups in total. The Morgan fingerprint density at radius 1 is 1.42 bits per heavy atom. The van der Waals surface area contributed by atoms with E-state index in [1.807, 2.05) is 0 Å². The molecular weight excluding hydrogens is 430 g/mol. The van der Waals surface area contributed by atoms with Gasteiger partial charge in [0.25, 0.3) is 11.8 Å². The van der Waals surface area contributed by atoms with Gasteiger partial charge in [-0.2, -0.15) is 0 Å². The molecule has 1 saturated carbocycles. The molecule has 1 aliphatic heterocycles. The maximum Gasteiger partial charge on any atom is 0.281 e. The second kappa shape index (κ2) is 7.01. The Morgan fingerprint density at radius 3 is 2.71 bits per heavy atom. The SMILES string of the molecule is Cc1nc(C23CC2CN(C(=O)c2cc(S(C)(=O)=O)ccc2O[C@@H](C)C(C)(F)F)C3)co1. The first-order chi connectivity index (χ1) is 14.3. The molecule has 2 aromatic rings. The summed E-state index contributed by atoms with van der Waals surface area (Å²) in [6.45, 7) is 4.53. The molecule has 3 atom stereocenters. The number of carbonyl (C=O) groups excluding carboxylic acids is 1. The van der Waals surface area contributed by atoms with Crippen LogP contribution in [0.2, 0.25) is 0 Å². The van der Waals surface area contributed by atoms with Crippen molar-refractivity contribution in [1.29, 1.82) is 0 Å². The van der Waals surface area contributed by atoms with Crippen LogP contribution < -0.4 is 4.74 Å². The van der Waals surface area contributed by atoms with E-state index in [1.54, 1.807) is 18.1 Å². The maximum absolute atomic E-state index is 13.7. The predicted molar refractivity (Wildman–Crippen MR) is 107 cm³/mol. The molecule has 2 heterocycles. The van der Waals surface area contributed by atoms with Crippen LogP contribution in [0.5, 0.6) is 5.75 Å². The van der Waals surface area contributed by atoms with Gasteiger partial charge in [-0.05, 0) is 37.5 Å². The zero-order valence-electron chi connectivity index (χ0n) is 17.7. The number of halogens is 2. The predicted octanol–water partition coefficient (Wildman–Crippen LogP) is 3.22. The minimum atomic E-state index is -3.61. The van der Waals surface area contributed by atoms with Gasteiger partial charge in [-0.25, -0.2) is 22.2 Å². The molecule has 1 saturated heterocycles. The first-order valence-corrected chi connectivity index (χ1v) is 11.8. The van der Waals surface area contributed by atoms with E-state index in [2.05, 4.69) is 4.98 Å². The zero-order valence-corrected chi connectivity index (χ0v) is 18.5. The monoisotopic (exact) mass is 454 g/mol. The summed E-state index contributed by atoms with van der Waals surface area (Å²) in [6, 6.07) is 3.72. The summed E-state index contributed by atoms with van der Waals surface area (Å²) in [7, 11) is -3.61. The van der Waals surface area contributed by atoms with Gasteiger partial charge in [-0.3, -0.25) is 4.79 Å². The summed E-state index contributed by atoms with van der Waals surface area (Å²) >= 11 is 0. The van der Waals surface area contributed by atoms with Crippen LogP contribution in [0.15, 0.2) is 33.8 Å². The number of hydrogen-bond acceptors (Lipinski definition) is 6. The molecule has 168 valence electrons. The Hall–Kier alpha value is -2.49. The molecule has 1 aromatic carbocycles. The minimum Gasteiger partial charge on any atom is -0.484 e.